The molecule has 134 valence electrons. The van der Waals surface area contributed by atoms with Crippen molar-refractivity contribution in [2.45, 2.75) is 20.8 Å². The fourth-order valence-corrected chi connectivity index (χ4v) is 9.85. The number of nitrogens with zero attached hydrogens (tertiary/aromatic N) is 2. The van der Waals surface area contributed by atoms with E-state index < -0.39 is 23.5 Å². The Balaban J connectivity index is 3.28. The SMILES string of the molecule is CCS(CC)=P(O)(ON=C(C#N)c1ccc(C)cc1)OP(O)(O)=S. The highest BCUT2D eigenvalue weighted by atomic mass is 32.5. The third-order valence-electron chi connectivity index (χ3n) is 2.87. The first kappa shape index (κ1) is 21.5. The number of benzene rings is 1. The van der Waals surface area contributed by atoms with Crippen molar-refractivity contribution in [1.82, 2.24) is 0 Å². The third-order valence-corrected chi connectivity index (χ3v) is 11.7. The van der Waals surface area contributed by atoms with Gasteiger partial charge in [-0.15, -0.1) is 10.1 Å². The first-order valence-corrected chi connectivity index (χ1v) is 13.3. The highest BCUT2D eigenvalue weighted by Gasteiger charge is 2.30. The fourth-order valence-electron chi connectivity index (χ4n) is 1.72. The zero-order valence-electron chi connectivity index (χ0n) is 13.5. The van der Waals surface area contributed by atoms with Crippen LogP contribution in [0.2, 0.25) is 0 Å². The van der Waals surface area contributed by atoms with Gasteiger partial charge in [-0.05, 0) is 30.2 Å². The van der Waals surface area contributed by atoms with Gasteiger partial charge < -0.3 is 19.3 Å². The van der Waals surface area contributed by atoms with Gasteiger partial charge in [0.2, 0.25) is 0 Å². The maximum Gasteiger partial charge on any atom is 0.365 e. The van der Waals surface area contributed by atoms with Gasteiger partial charge in [-0.2, -0.15) is 5.26 Å². The van der Waals surface area contributed by atoms with Crippen molar-refractivity contribution in [3.63, 3.8) is 0 Å². The van der Waals surface area contributed by atoms with Gasteiger partial charge in [-0.25, -0.2) is 4.31 Å². The molecule has 1 atom stereocenters. The standard InChI is InChI=1S/C13H20N2O5P2S2/c1-4-24(5-2)22(18,20-21(16,17)23)19-15-13(10-14)12-8-6-11(3)7-9-12/h6-9,18H,4-5H2,1-3H3,(H2,16,17,23). The molecule has 0 heterocycles. The van der Waals surface area contributed by atoms with Crippen LogP contribution in [0.25, 0.3) is 0 Å². The van der Waals surface area contributed by atoms with Gasteiger partial charge in [0.05, 0.1) is 0 Å². The summed E-state index contributed by atoms with van der Waals surface area (Å²) >= 11 is 4.44. The van der Waals surface area contributed by atoms with E-state index >= 15 is 0 Å². The molecule has 0 spiro atoms. The van der Waals surface area contributed by atoms with Crippen LogP contribution >= 0.6 is 13.4 Å². The minimum atomic E-state index is -4.15. The van der Waals surface area contributed by atoms with Gasteiger partial charge in [-0.3, -0.25) is 0 Å². The Morgan fingerprint density at radius 2 is 1.79 bits per heavy atom. The van der Waals surface area contributed by atoms with Crippen LogP contribution < -0.4 is 0 Å². The molecule has 0 saturated heterocycles. The molecule has 0 aliphatic rings. The zero-order chi connectivity index (χ0) is 18.4. The lowest BCUT2D eigenvalue weighted by Crippen LogP contribution is -2.06. The number of nitriles is 1. The van der Waals surface area contributed by atoms with E-state index in [1.807, 2.05) is 25.1 Å². The minimum absolute atomic E-state index is 0.0584. The molecule has 1 aromatic carbocycles. The average molecular weight is 410 g/mol. The predicted octanol–water partition coefficient (Wildman–Crippen LogP) is 2.79. The molecule has 0 aliphatic heterocycles. The van der Waals surface area contributed by atoms with E-state index in [0.717, 1.165) is 5.56 Å². The highest BCUT2D eigenvalue weighted by molar-refractivity contribution is 8.29. The highest BCUT2D eigenvalue weighted by Crippen LogP contribution is 2.61. The molecule has 1 aromatic rings. The Morgan fingerprint density at radius 3 is 2.21 bits per heavy atom. The maximum absolute atomic E-state index is 10.6. The van der Waals surface area contributed by atoms with E-state index in [4.69, 9.17) is 8.94 Å². The molecular formula is C13H20N2O5P2S2. The van der Waals surface area contributed by atoms with Crippen LogP contribution in [0.5, 0.6) is 0 Å². The van der Waals surface area contributed by atoms with E-state index in [2.05, 4.69) is 17.0 Å². The van der Waals surface area contributed by atoms with Crippen LogP contribution in [0.3, 0.4) is 0 Å². The lowest BCUT2D eigenvalue weighted by molar-refractivity contribution is 0.254. The topological polar surface area (TPSA) is 115 Å². The lowest BCUT2D eigenvalue weighted by atomic mass is 10.1. The second-order valence-corrected chi connectivity index (χ2v) is 13.8. The number of hydrogen-bond acceptors (Lipinski definition) is 5. The monoisotopic (exact) mass is 410 g/mol. The van der Waals surface area contributed by atoms with Crippen LogP contribution in [0, 0.1) is 18.3 Å². The third kappa shape index (κ3) is 6.40. The summed E-state index contributed by atoms with van der Waals surface area (Å²) in [7, 11) is -0.820. The van der Waals surface area contributed by atoms with Crippen molar-refractivity contribution in [2.75, 3.05) is 11.5 Å². The van der Waals surface area contributed by atoms with Crippen LogP contribution in [0.15, 0.2) is 29.4 Å². The van der Waals surface area contributed by atoms with E-state index in [1.165, 1.54) is 0 Å². The molecule has 24 heavy (non-hydrogen) atoms. The van der Waals surface area contributed by atoms with Crippen molar-refractivity contribution in [3.05, 3.63) is 35.4 Å². The molecule has 0 bridgehead atoms. The summed E-state index contributed by atoms with van der Waals surface area (Å²) in [6.45, 7) is -2.40. The van der Waals surface area contributed by atoms with Crippen molar-refractivity contribution in [1.29, 1.82) is 5.26 Å². The van der Waals surface area contributed by atoms with Gasteiger partial charge >= 0.3 is 13.4 Å². The van der Waals surface area contributed by atoms with Crippen LogP contribution in [0.1, 0.15) is 25.0 Å². The summed E-state index contributed by atoms with van der Waals surface area (Å²) in [6.07, 6.45) is 0. The summed E-state index contributed by atoms with van der Waals surface area (Å²) in [5.41, 5.74) is 1.47. The summed E-state index contributed by atoms with van der Waals surface area (Å²) in [6, 6.07) is 8.90. The van der Waals surface area contributed by atoms with Crippen LogP contribution in [-0.2, 0) is 30.8 Å². The van der Waals surface area contributed by atoms with E-state index in [1.54, 1.807) is 26.0 Å². The minimum Gasteiger partial charge on any atom is -0.324 e. The summed E-state index contributed by atoms with van der Waals surface area (Å²) in [4.78, 5) is 29.4. The zero-order valence-corrected chi connectivity index (χ0v) is 16.9. The van der Waals surface area contributed by atoms with Crippen LogP contribution in [-0.4, -0.2) is 31.9 Å². The molecule has 0 amide bonds. The molecule has 1 rings (SSSR count). The molecule has 0 saturated carbocycles. The Morgan fingerprint density at radius 1 is 1.25 bits per heavy atom. The van der Waals surface area contributed by atoms with Crippen molar-refractivity contribution in [3.8, 4) is 6.07 Å². The first-order valence-electron chi connectivity index (χ1n) is 6.96. The largest absolute Gasteiger partial charge is 0.365 e. The molecule has 0 aromatic heterocycles. The van der Waals surface area contributed by atoms with Crippen molar-refractivity contribution in [2.24, 2.45) is 5.16 Å². The van der Waals surface area contributed by atoms with Gasteiger partial charge in [0, 0.05) is 5.56 Å². The Hall–Kier alpha value is -0.550. The number of hydrogen-bond donors (Lipinski definition) is 3. The molecular weight excluding hydrogens is 390 g/mol. The lowest BCUT2D eigenvalue weighted by Gasteiger charge is -2.23. The summed E-state index contributed by atoms with van der Waals surface area (Å²) in [5.74, 6) is 0.968. The van der Waals surface area contributed by atoms with Gasteiger partial charge in [0.1, 0.15) is 6.07 Å². The number of oxime groups is 1. The first-order chi connectivity index (χ1) is 11.1. The summed E-state index contributed by atoms with van der Waals surface area (Å²) < 4.78 is 10.0. The Labute approximate surface area is 149 Å². The molecule has 0 radical (unpaired) electrons. The Bertz CT molecular complexity index is 747. The number of rotatable bonds is 7. The second kappa shape index (κ2) is 9.23. The smallest absolute Gasteiger partial charge is 0.324 e. The van der Waals surface area contributed by atoms with Crippen molar-refractivity contribution < 1.29 is 23.6 Å². The van der Waals surface area contributed by atoms with Gasteiger partial charge in [0.25, 0.3) is 0 Å². The van der Waals surface area contributed by atoms with E-state index in [-0.39, 0.29) is 5.71 Å². The van der Waals surface area contributed by atoms with Gasteiger partial charge in [0.15, 0.2) is 5.71 Å². The quantitative estimate of drug-likeness (QED) is 0.360. The van der Waals surface area contributed by atoms with Crippen LogP contribution in [0.4, 0.5) is 0 Å². The number of aryl methyl sites for hydroxylation is 1. The Kier molecular flexibility index (Phi) is 8.27. The molecule has 0 fully saturated rings. The second-order valence-electron chi connectivity index (χ2n) is 4.58. The summed E-state index contributed by atoms with van der Waals surface area (Å²) in [5, 5.41) is 13.0. The molecule has 11 heteroatoms. The predicted molar refractivity (Wildman–Crippen MR) is 102 cm³/mol. The molecule has 3 N–H and O–H groups in total. The van der Waals surface area contributed by atoms with Gasteiger partial charge in [-0.1, -0.05) is 48.8 Å². The fraction of sp³-hybridized carbons (Fsp3) is 0.385. The van der Waals surface area contributed by atoms with E-state index in [9.17, 15) is 19.9 Å². The van der Waals surface area contributed by atoms with Crippen molar-refractivity contribution >= 4 is 41.0 Å². The molecule has 1 unspecified atom stereocenters. The normalized spacial score (nSPS) is 15.0. The average Bonchev–Trinajstić information content (AvgIpc) is 2.49. The molecule has 7 nitrogen and oxygen atoms in total. The van der Waals surface area contributed by atoms with E-state index in [0.29, 0.717) is 17.1 Å². The maximum atomic E-state index is 10.6. The molecule has 0 aliphatic carbocycles.